The van der Waals surface area contributed by atoms with Crippen LogP contribution in [0.4, 0.5) is 10.1 Å². The van der Waals surface area contributed by atoms with E-state index in [1.165, 1.54) is 13.2 Å². The summed E-state index contributed by atoms with van der Waals surface area (Å²) in [5, 5.41) is 3.19. The van der Waals surface area contributed by atoms with E-state index in [0.717, 1.165) is 5.69 Å². The second kappa shape index (κ2) is 5.49. The topological polar surface area (TPSA) is 34.1 Å². The predicted octanol–water partition coefficient (Wildman–Crippen LogP) is 3.40. The highest BCUT2D eigenvalue weighted by Crippen LogP contribution is 2.23. The number of methoxy groups -OCH3 is 1. The molecule has 4 heteroatoms. The Hall–Kier alpha value is -2.10. The number of aromatic nitrogens is 1. The minimum Gasteiger partial charge on any atom is -0.494 e. The van der Waals surface area contributed by atoms with Gasteiger partial charge in [0.05, 0.1) is 18.8 Å². The summed E-state index contributed by atoms with van der Waals surface area (Å²) in [6.45, 7) is 1.98. The van der Waals surface area contributed by atoms with Crippen molar-refractivity contribution in [1.82, 2.24) is 4.98 Å². The number of ether oxygens (including phenoxy) is 1. The Morgan fingerprint density at radius 1 is 1.28 bits per heavy atom. The highest BCUT2D eigenvalue weighted by Gasteiger charge is 2.08. The van der Waals surface area contributed by atoms with Gasteiger partial charge in [0, 0.05) is 18.0 Å². The molecule has 2 aromatic rings. The van der Waals surface area contributed by atoms with Crippen molar-refractivity contribution in [2.45, 2.75) is 13.0 Å². The Balaban J connectivity index is 2.12. The summed E-state index contributed by atoms with van der Waals surface area (Å²) in [7, 11) is 1.45. The van der Waals surface area contributed by atoms with Crippen molar-refractivity contribution in [1.29, 1.82) is 0 Å². The van der Waals surface area contributed by atoms with Gasteiger partial charge in [0.25, 0.3) is 0 Å². The Morgan fingerprint density at radius 2 is 2.11 bits per heavy atom. The van der Waals surface area contributed by atoms with E-state index in [2.05, 4.69) is 10.3 Å². The normalized spacial score (nSPS) is 11.9. The number of pyridine rings is 1. The number of halogens is 1. The van der Waals surface area contributed by atoms with E-state index in [-0.39, 0.29) is 17.6 Å². The highest BCUT2D eigenvalue weighted by atomic mass is 19.1. The van der Waals surface area contributed by atoms with Gasteiger partial charge in [-0.3, -0.25) is 4.98 Å². The molecule has 0 spiro atoms. The third-order valence-electron chi connectivity index (χ3n) is 2.67. The summed E-state index contributed by atoms with van der Waals surface area (Å²) in [6.07, 6.45) is 1.74. The third kappa shape index (κ3) is 2.77. The summed E-state index contributed by atoms with van der Waals surface area (Å²) >= 11 is 0. The molecule has 0 aliphatic carbocycles. The van der Waals surface area contributed by atoms with Gasteiger partial charge in [-0.25, -0.2) is 4.39 Å². The molecule has 0 saturated heterocycles. The molecular formula is C14H15FN2O. The van der Waals surface area contributed by atoms with E-state index in [0.29, 0.717) is 5.69 Å². The smallest absolute Gasteiger partial charge is 0.167 e. The minimum absolute atomic E-state index is 0.0130. The lowest BCUT2D eigenvalue weighted by atomic mass is 10.2. The number of benzene rings is 1. The Morgan fingerprint density at radius 3 is 2.72 bits per heavy atom. The average Bonchev–Trinajstić information content (AvgIpc) is 2.40. The summed E-state index contributed by atoms with van der Waals surface area (Å²) in [6, 6.07) is 10.5. The van der Waals surface area contributed by atoms with E-state index in [1.54, 1.807) is 18.3 Å². The van der Waals surface area contributed by atoms with Crippen LogP contribution in [0, 0.1) is 5.82 Å². The average molecular weight is 246 g/mol. The molecule has 1 N–H and O–H groups in total. The van der Waals surface area contributed by atoms with Crippen LogP contribution in [0.5, 0.6) is 5.75 Å². The first-order valence-electron chi connectivity index (χ1n) is 5.71. The Kier molecular flexibility index (Phi) is 3.77. The lowest BCUT2D eigenvalue weighted by Gasteiger charge is -2.15. The fraction of sp³-hybridized carbons (Fsp3) is 0.214. The first kappa shape index (κ1) is 12.4. The van der Waals surface area contributed by atoms with Crippen LogP contribution in [-0.4, -0.2) is 12.1 Å². The zero-order valence-corrected chi connectivity index (χ0v) is 10.4. The molecule has 1 aromatic carbocycles. The molecule has 0 amide bonds. The molecule has 0 aliphatic heterocycles. The van der Waals surface area contributed by atoms with Gasteiger partial charge in [0.15, 0.2) is 11.6 Å². The van der Waals surface area contributed by atoms with E-state index in [9.17, 15) is 4.39 Å². The fourth-order valence-electron chi connectivity index (χ4n) is 1.71. The van der Waals surface area contributed by atoms with Gasteiger partial charge in [-0.2, -0.15) is 0 Å². The molecule has 94 valence electrons. The van der Waals surface area contributed by atoms with Crippen LogP contribution in [0.25, 0.3) is 0 Å². The molecule has 0 saturated carbocycles. The van der Waals surface area contributed by atoms with Crippen LogP contribution < -0.4 is 10.1 Å². The number of nitrogens with zero attached hydrogens (tertiary/aromatic N) is 1. The van der Waals surface area contributed by atoms with Crippen LogP contribution in [0.2, 0.25) is 0 Å². The number of nitrogens with one attached hydrogen (secondary N) is 1. The van der Waals surface area contributed by atoms with Gasteiger partial charge in [-0.05, 0) is 31.2 Å². The van der Waals surface area contributed by atoms with E-state index in [1.807, 2.05) is 25.1 Å². The lowest BCUT2D eigenvalue weighted by molar-refractivity contribution is 0.386. The monoisotopic (exact) mass is 246 g/mol. The van der Waals surface area contributed by atoms with Crippen LogP contribution in [0.1, 0.15) is 18.7 Å². The van der Waals surface area contributed by atoms with Crippen molar-refractivity contribution in [3.63, 3.8) is 0 Å². The van der Waals surface area contributed by atoms with E-state index in [4.69, 9.17) is 4.74 Å². The summed E-state index contributed by atoms with van der Waals surface area (Å²) in [5.41, 5.74) is 1.61. The van der Waals surface area contributed by atoms with E-state index < -0.39 is 0 Å². The summed E-state index contributed by atoms with van der Waals surface area (Å²) in [4.78, 5) is 4.25. The molecule has 0 fully saturated rings. The van der Waals surface area contributed by atoms with Crippen molar-refractivity contribution >= 4 is 5.69 Å². The molecular weight excluding hydrogens is 231 g/mol. The van der Waals surface area contributed by atoms with Gasteiger partial charge in [-0.15, -0.1) is 0 Å². The molecule has 0 bridgehead atoms. The van der Waals surface area contributed by atoms with Gasteiger partial charge >= 0.3 is 0 Å². The van der Waals surface area contributed by atoms with Crippen LogP contribution >= 0.6 is 0 Å². The van der Waals surface area contributed by atoms with E-state index >= 15 is 0 Å². The van der Waals surface area contributed by atoms with Crippen LogP contribution in [0.15, 0.2) is 42.6 Å². The number of hydrogen-bond donors (Lipinski definition) is 1. The van der Waals surface area contributed by atoms with Crippen molar-refractivity contribution in [2.75, 3.05) is 12.4 Å². The van der Waals surface area contributed by atoms with Crippen molar-refractivity contribution < 1.29 is 9.13 Å². The van der Waals surface area contributed by atoms with Crippen molar-refractivity contribution in [3.05, 3.63) is 54.1 Å². The van der Waals surface area contributed by atoms with Crippen molar-refractivity contribution in [3.8, 4) is 5.75 Å². The summed E-state index contributed by atoms with van der Waals surface area (Å²) in [5.74, 6) is -0.137. The molecule has 2 rings (SSSR count). The van der Waals surface area contributed by atoms with Gasteiger partial charge < -0.3 is 10.1 Å². The highest BCUT2D eigenvalue weighted by molar-refractivity contribution is 5.48. The number of rotatable bonds is 4. The first-order valence-corrected chi connectivity index (χ1v) is 5.71. The van der Waals surface area contributed by atoms with Gasteiger partial charge in [0.1, 0.15) is 0 Å². The third-order valence-corrected chi connectivity index (χ3v) is 2.67. The summed E-state index contributed by atoms with van der Waals surface area (Å²) < 4.78 is 18.4. The molecule has 18 heavy (non-hydrogen) atoms. The maximum absolute atomic E-state index is 13.5. The first-order chi connectivity index (χ1) is 8.70. The molecule has 1 atom stereocenters. The number of anilines is 1. The molecule has 1 unspecified atom stereocenters. The molecule has 1 heterocycles. The Bertz CT molecular complexity index is 516. The molecule has 0 radical (unpaired) electrons. The predicted molar refractivity (Wildman–Crippen MR) is 69.2 cm³/mol. The van der Waals surface area contributed by atoms with Crippen LogP contribution in [-0.2, 0) is 0 Å². The second-order valence-corrected chi connectivity index (χ2v) is 3.97. The largest absolute Gasteiger partial charge is 0.494 e. The quantitative estimate of drug-likeness (QED) is 0.897. The SMILES string of the molecule is COc1ccc(NC(C)c2ccccn2)cc1F. The minimum atomic E-state index is -0.379. The zero-order valence-electron chi connectivity index (χ0n) is 10.4. The van der Waals surface area contributed by atoms with Crippen molar-refractivity contribution in [2.24, 2.45) is 0 Å². The van der Waals surface area contributed by atoms with Crippen LogP contribution in [0.3, 0.4) is 0 Å². The fourth-order valence-corrected chi connectivity index (χ4v) is 1.71. The maximum atomic E-state index is 13.5. The molecule has 1 aromatic heterocycles. The van der Waals surface area contributed by atoms with Gasteiger partial charge in [-0.1, -0.05) is 6.07 Å². The zero-order chi connectivity index (χ0) is 13.0. The molecule has 0 aliphatic rings. The van der Waals surface area contributed by atoms with Gasteiger partial charge in [0.2, 0.25) is 0 Å². The number of hydrogen-bond acceptors (Lipinski definition) is 3. The second-order valence-electron chi connectivity index (χ2n) is 3.97. The Labute approximate surface area is 106 Å². The molecule has 3 nitrogen and oxygen atoms in total. The lowest BCUT2D eigenvalue weighted by Crippen LogP contribution is -2.08. The standard InChI is InChI=1S/C14H15FN2O/c1-10(13-5-3-4-8-16-13)17-11-6-7-14(18-2)12(15)9-11/h3-10,17H,1-2H3. The maximum Gasteiger partial charge on any atom is 0.167 e.